The minimum atomic E-state index is -0.831. The smallest absolute Gasteiger partial charge is 0.256 e. The van der Waals surface area contributed by atoms with Crippen LogP contribution in [0.3, 0.4) is 0 Å². The Morgan fingerprint density at radius 1 is 1.45 bits per heavy atom. The number of carbonyl (C=O) groups is 1. The van der Waals surface area contributed by atoms with Gasteiger partial charge < -0.3 is 14.8 Å². The van der Waals surface area contributed by atoms with Crippen LogP contribution in [0.5, 0.6) is 5.88 Å². The van der Waals surface area contributed by atoms with Crippen molar-refractivity contribution in [2.24, 2.45) is 5.92 Å². The van der Waals surface area contributed by atoms with Gasteiger partial charge >= 0.3 is 0 Å². The summed E-state index contributed by atoms with van der Waals surface area (Å²) >= 11 is 0. The third-order valence-corrected chi connectivity index (χ3v) is 2.94. The van der Waals surface area contributed by atoms with E-state index >= 15 is 0 Å². The van der Waals surface area contributed by atoms with Crippen LogP contribution in [0.15, 0.2) is 18.3 Å². The van der Waals surface area contributed by atoms with Crippen molar-refractivity contribution in [2.45, 2.75) is 39.7 Å². The van der Waals surface area contributed by atoms with Crippen LogP contribution < -0.4 is 10.1 Å². The Balaban J connectivity index is 2.79. The Kier molecular flexibility index (Phi) is 5.95. The first-order valence-electron chi connectivity index (χ1n) is 6.86. The van der Waals surface area contributed by atoms with E-state index in [2.05, 4.69) is 24.1 Å². The number of amides is 1. The van der Waals surface area contributed by atoms with Crippen LogP contribution in [0.2, 0.25) is 0 Å². The number of rotatable bonds is 7. The van der Waals surface area contributed by atoms with Gasteiger partial charge in [-0.25, -0.2) is 4.98 Å². The number of carbonyl (C=O) groups excluding carboxylic acids is 1. The highest BCUT2D eigenvalue weighted by molar-refractivity contribution is 5.96. The summed E-state index contributed by atoms with van der Waals surface area (Å²) in [6.07, 6.45) is 2.23. The maximum absolute atomic E-state index is 12.4. The Labute approximate surface area is 120 Å². The summed E-state index contributed by atoms with van der Waals surface area (Å²) < 4.78 is 10.6. The van der Waals surface area contributed by atoms with Crippen LogP contribution in [0.1, 0.15) is 34.1 Å². The lowest BCUT2D eigenvalue weighted by atomic mass is 9.93. The number of pyridine rings is 1. The molecule has 5 heteroatoms. The van der Waals surface area contributed by atoms with Gasteiger partial charge in [0.1, 0.15) is 5.60 Å². The van der Waals surface area contributed by atoms with Gasteiger partial charge in [0.25, 0.3) is 5.91 Å². The molecule has 1 N–H and O–H groups in total. The normalized spacial score (nSPS) is 13.9. The summed E-state index contributed by atoms with van der Waals surface area (Å²) in [5.41, 5.74) is -0.200. The zero-order valence-electron chi connectivity index (χ0n) is 12.9. The lowest BCUT2D eigenvalue weighted by Crippen LogP contribution is -2.44. The van der Waals surface area contributed by atoms with Gasteiger partial charge in [0, 0.05) is 12.7 Å². The van der Waals surface area contributed by atoms with Crippen molar-refractivity contribution < 1.29 is 14.3 Å². The summed E-state index contributed by atoms with van der Waals surface area (Å²) in [4.78, 5) is 16.5. The van der Waals surface area contributed by atoms with E-state index in [9.17, 15) is 4.79 Å². The van der Waals surface area contributed by atoms with Gasteiger partial charge in [0.15, 0.2) is 0 Å². The van der Waals surface area contributed by atoms with E-state index in [4.69, 9.17) is 9.47 Å². The van der Waals surface area contributed by atoms with Crippen molar-refractivity contribution in [3.8, 4) is 5.88 Å². The first kappa shape index (κ1) is 16.4. The summed E-state index contributed by atoms with van der Waals surface area (Å²) in [6, 6.07) is 3.46. The molecule has 0 saturated heterocycles. The minimum Gasteiger partial charge on any atom is -0.481 e. The van der Waals surface area contributed by atoms with Crippen LogP contribution >= 0.6 is 0 Å². The van der Waals surface area contributed by atoms with Crippen LogP contribution in [-0.2, 0) is 9.53 Å². The SMILES string of the molecule is CCO[C@@](C)(CC(C)C)C(=O)Nc1ccc(OC)nc1. The van der Waals surface area contributed by atoms with E-state index in [0.29, 0.717) is 30.5 Å². The molecule has 1 aromatic heterocycles. The number of ether oxygens (including phenoxy) is 2. The molecule has 0 spiro atoms. The summed E-state index contributed by atoms with van der Waals surface area (Å²) in [6.45, 7) is 8.35. The highest BCUT2D eigenvalue weighted by Gasteiger charge is 2.34. The molecule has 0 aliphatic heterocycles. The fourth-order valence-electron chi connectivity index (χ4n) is 2.15. The second-order valence-electron chi connectivity index (χ2n) is 5.31. The van der Waals surface area contributed by atoms with Gasteiger partial charge in [0.05, 0.1) is 19.0 Å². The fraction of sp³-hybridized carbons (Fsp3) is 0.600. The number of nitrogens with one attached hydrogen (secondary N) is 1. The quantitative estimate of drug-likeness (QED) is 0.834. The molecule has 0 aromatic carbocycles. The zero-order valence-corrected chi connectivity index (χ0v) is 12.9. The van der Waals surface area contributed by atoms with E-state index in [1.807, 2.05) is 13.8 Å². The fourth-order valence-corrected chi connectivity index (χ4v) is 2.15. The van der Waals surface area contributed by atoms with Crippen molar-refractivity contribution in [3.05, 3.63) is 18.3 Å². The highest BCUT2D eigenvalue weighted by Crippen LogP contribution is 2.23. The molecule has 1 amide bonds. The van der Waals surface area contributed by atoms with Crippen molar-refractivity contribution in [1.29, 1.82) is 0 Å². The number of methoxy groups -OCH3 is 1. The molecular weight excluding hydrogens is 256 g/mol. The van der Waals surface area contributed by atoms with Gasteiger partial charge in [-0.2, -0.15) is 0 Å². The number of nitrogens with zero attached hydrogens (tertiary/aromatic N) is 1. The van der Waals surface area contributed by atoms with Gasteiger partial charge in [-0.15, -0.1) is 0 Å². The molecule has 0 fully saturated rings. The van der Waals surface area contributed by atoms with E-state index in [0.717, 1.165) is 0 Å². The predicted octanol–water partition coefficient (Wildman–Crippen LogP) is 2.87. The third kappa shape index (κ3) is 4.49. The van der Waals surface area contributed by atoms with Crippen LogP contribution in [0.4, 0.5) is 5.69 Å². The number of anilines is 1. The van der Waals surface area contributed by atoms with Gasteiger partial charge in [-0.3, -0.25) is 4.79 Å². The molecule has 0 aliphatic carbocycles. The van der Waals surface area contributed by atoms with E-state index in [1.165, 1.54) is 0 Å². The number of hydrogen-bond acceptors (Lipinski definition) is 4. The lowest BCUT2D eigenvalue weighted by Gasteiger charge is -2.29. The van der Waals surface area contributed by atoms with Crippen molar-refractivity contribution in [3.63, 3.8) is 0 Å². The average molecular weight is 280 g/mol. The van der Waals surface area contributed by atoms with Crippen molar-refractivity contribution >= 4 is 11.6 Å². The first-order valence-corrected chi connectivity index (χ1v) is 6.86. The maximum atomic E-state index is 12.4. The van der Waals surface area contributed by atoms with Gasteiger partial charge in [-0.1, -0.05) is 13.8 Å². The molecule has 0 aliphatic rings. The lowest BCUT2D eigenvalue weighted by molar-refractivity contribution is -0.140. The minimum absolute atomic E-state index is 0.153. The molecule has 0 bridgehead atoms. The Morgan fingerprint density at radius 2 is 2.15 bits per heavy atom. The Morgan fingerprint density at radius 3 is 2.60 bits per heavy atom. The van der Waals surface area contributed by atoms with Gasteiger partial charge in [-0.05, 0) is 32.3 Å². The number of aromatic nitrogens is 1. The molecule has 0 unspecified atom stereocenters. The van der Waals surface area contributed by atoms with E-state index in [1.54, 1.807) is 25.4 Å². The standard InChI is InChI=1S/C15H24N2O3/c1-6-20-15(4,9-11(2)3)14(18)17-12-7-8-13(19-5)16-10-12/h7-8,10-11H,6,9H2,1-5H3,(H,17,18)/t15-/m0/s1. The van der Waals surface area contributed by atoms with Crippen molar-refractivity contribution in [2.75, 3.05) is 19.0 Å². The molecule has 112 valence electrons. The maximum Gasteiger partial charge on any atom is 0.256 e. The summed E-state index contributed by atoms with van der Waals surface area (Å²) in [5, 5.41) is 2.84. The molecule has 0 saturated carbocycles. The molecule has 1 atom stereocenters. The highest BCUT2D eigenvalue weighted by atomic mass is 16.5. The molecule has 20 heavy (non-hydrogen) atoms. The molecule has 1 rings (SSSR count). The Bertz CT molecular complexity index is 431. The second-order valence-corrected chi connectivity index (χ2v) is 5.31. The van der Waals surface area contributed by atoms with Crippen LogP contribution in [0.25, 0.3) is 0 Å². The molecule has 0 radical (unpaired) electrons. The molecule has 1 heterocycles. The third-order valence-electron chi connectivity index (χ3n) is 2.94. The zero-order chi connectivity index (χ0) is 15.2. The largest absolute Gasteiger partial charge is 0.481 e. The summed E-state index contributed by atoms with van der Waals surface area (Å²) in [5.74, 6) is 0.726. The van der Waals surface area contributed by atoms with Crippen molar-refractivity contribution in [1.82, 2.24) is 4.98 Å². The monoisotopic (exact) mass is 280 g/mol. The number of hydrogen-bond donors (Lipinski definition) is 1. The van der Waals surface area contributed by atoms with E-state index in [-0.39, 0.29) is 5.91 Å². The van der Waals surface area contributed by atoms with Gasteiger partial charge in [0.2, 0.25) is 5.88 Å². The topological polar surface area (TPSA) is 60.5 Å². The first-order chi connectivity index (χ1) is 9.41. The molecular formula is C15H24N2O3. The second kappa shape index (κ2) is 7.24. The summed E-state index contributed by atoms with van der Waals surface area (Å²) in [7, 11) is 1.55. The van der Waals surface area contributed by atoms with E-state index < -0.39 is 5.60 Å². The Hall–Kier alpha value is -1.62. The molecule has 1 aromatic rings. The molecule has 5 nitrogen and oxygen atoms in total. The van der Waals surface area contributed by atoms with Crippen LogP contribution in [0, 0.1) is 5.92 Å². The predicted molar refractivity (Wildman–Crippen MR) is 78.9 cm³/mol. The average Bonchev–Trinajstić information content (AvgIpc) is 2.39. The van der Waals surface area contributed by atoms with Crippen LogP contribution in [-0.4, -0.2) is 30.2 Å².